The van der Waals surface area contributed by atoms with Crippen molar-refractivity contribution in [2.45, 2.75) is 51.9 Å². The number of ether oxygens (including phenoxy) is 1. The standard InChI is InChI=1S/C23H31NO/c1-3-4-22(15-24)21-10-9-19-13-18(7-8-20(19)14-21)16-25-23-11-5-17(2)6-12-23/h5-6,9-12,14,18,22H,3-4,7-8,13,15-16,24H2,1-2H3. The Bertz CT molecular complexity index is 677. The molecule has 1 aliphatic carbocycles. The lowest BCUT2D eigenvalue weighted by Gasteiger charge is -2.26. The van der Waals surface area contributed by atoms with Crippen molar-refractivity contribution in [3.63, 3.8) is 0 Å². The van der Waals surface area contributed by atoms with Crippen molar-refractivity contribution >= 4 is 0 Å². The number of benzene rings is 2. The zero-order valence-corrected chi connectivity index (χ0v) is 15.6. The molecule has 2 atom stereocenters. The Morgan fingerprint density at radius 3 is 2.64 bits per heavy atom. The molecule has 0 fully saturated rings. The molecule has 0 saturated heterocycles. The van der Waals surface area contributed by atoms with Crippen LogP contribution < -0.4 is 10.5 Å². The Labute approximate surface area is 152 Å². The second-order valence-electron chi connectivity index (χ2n) is 7.48. The highest BCUT2D eigenvalue weighted by atomic mass is 16.5. The lowest BCUT2D eigenvalue weighted by molar-refractivity contribution is 0.234. The molecule has 2 N–H and O–H groups in total. The smallest absolute Gasteiger partial charge is 0.119 e. The maximum Gasteiger partial charge on any atom is 0.119 e. The minimum Gasteiger partial charge on any atom is -0.493 e. The van der Waals surface area contributed by atoms with Crippen LogP contribution in [-0.2, 0) is 12.8 Å². The van der Waals surface area contributed by atoms with Crippen LogP contribution in [0.1, 0.15) is 54.4 Å². The Kier molecular flexibility index (Phi) is 6.14. The van der Waals surface area contributed by atoms with E-state index in [1.165, 1.54) is 41.5 Å². The second-order valence-corrected chi connectivity index (χ2v) is 7.48. The van der Waals surface area contributed by atoms with Gasteiger partial charge in [-0.15, -0.1) is 0 Å². The number of aryl methyl sites for hydroxylation is 2. The van der Waals surface area contributed by atoms with Crippen LogP contribution in [0.4, 0.5) is 0 Å². The lowest BCUT2D eigenvalue weighted by atomic mass is 9.82. The van der Waals surface area contributed by atoms with Crippen LogP contribution >= 0.6 is 0 Å². The molecule has 2 heteroatoms. The molecular weight excluding hydrogens is 306 g/mol. The first-order valence-electron chi connectivity index (χ1n) is 9.70. The summed E-state index contributed by atoms with van der Waals surface area (Å²) in [5, 5.41) is 0. The Balaban J connectivity index is 1.60. The van der Waals surface area contributed by atoms with E-state index in [0.717, 1.165) is 31.7 Å². The van der Waals surface area contributed by atoms with Crippen LogP contribution in [0.3, 0.4) is 0 Å². The number of rotatable bonds is 7. The van der Waals surface area contributed by atoms with Gasteiger partial charge in [-0.3, -0.25) is 0 Å². The fourth-order valence-electron chi connectivity index (χ4n) is 3.86. The van der Waals surface area contributed by atoms with Gasteiger partial charge in [-0.05, 0) is 79.8 Å². The molecule has 2 aromatic rings. The van der Waals surface area contributed by atoms with E-state index in [2.05, 4.69) is 56.3 Å². The van der Waals surface area contributed by atoms with E-state index in [-0.39, 0.29) is 0 Å². The van der Waals surface area contributed by atoms with E-state index in [1.807, 2.05) is 0 Å². The summed E-state index contributed by atoms with van der Waals surface area (Å²) < 4.78 is 6.01. The van der Waals surface area contributed by atoms with Gasteiger partial charge in [0.25, 0.3) is 0 Å². The fourth-order valence-corrected chi connectivity index (χ4v) is 3.86. The van der Waals surface area contributed by atoms with Gasteiger partial charge in [-0.2, -0.15) is 0 Å². The molecule has 0 aromatic heterocycles. The summed E-state index contributed by atoms with van der Waals surface area (Å²) in [6, 6.07) is 15.4. The van der Waals surface area contributed by atoms with Gasteiger partial charge in [0.1, 0.15) is 5.75 Å². The average Bonchev–Trinajstić information content (AvgIpc) is 2.65. The molecule has 0 amide bonds. The van der Waals surface area contributed by atoms with Crippen LogP contribution in [0.2, 0.25) is 0 Å². The molecule has 3 rings (SSSR count). The lowest BCUT2D eigenvalue weighted by Crippen LogP contribution is -2.21. The first-order valence-corrected chi connectivity index (χ1v) is 9.70. The minimum atomic E-state index is 0.512. The third-order valence-electron chi connectivity index (χ3n) is 5.46. The van der Waals surface area contributed by atoms with E-state index < -0.39 is 0 Å². The monoisotopic (exact) mass is 337 g/mol. The summed E-state index contributed by atoms with van der Waals surface area (Å²) in [5.74, 6) is 2.11. The normalized spacial score (nSPS) is 17.8. The predicted molar refractivity (Wildman–Crippen MR) is 105 cm³/mol. The van der Waals surface area contributed by atoms with Gasteiger partial charge in [0.15, 0.2) is 0 Å². The number of hydrogen-bond donors (Lipinski definition) is 1. The molecule has 2 aromatic carbocycles. The third-order valence-corrected chi connectivity index (χ3v) is 5.46. The highest BCUT2D eigenvalue weighted by Gasteiger charge is 2.20. The first-order chi connectivity index (χ1) is 12.2. The molecule has 25 heavy (non-hydrogen) atoms. The summed E-state index contributed by atoms with van der Waals surface area (Å²) >= 11 is 0. The third kappa shape index (κ3) is 4.64. The van der Waals surface area contributed by atoms with Crippen LogP contribution in [-0.4, -0.2) is 13.2 Å². The average molecular weight is 338 g/mol. The highest BCUT2D eigenvalue weighted by Crippen LogP contribution is 2.30. The van der Waals surface area contributed by atoms with Crippen molar-refractivity contribution in [1.82, 2.24) is 0 Å². The predicted octanol–water partition coefficient (Wildman–Crippen LogP) is 5.02. The van der Waals surface area contributed by atoms with Crippen molar-refractivity contribution in [3.8, 4) is 5.75 Å². The molecule has 0 heterocycles. The summed E-state index contributed by atoms with van der Waals surface area (Å²) in [5.41, 5.74) is 11.7. The van der Waals surface area contributed by atoms with Crippen molar-refractivity contribution in [2.24, 2.45) is 11.7 Å². The maximum atomic E-state index is 6.01. The molecule has 1 aliphatic rings. The number of nitrogens with two attached hydrogens (primary N) is 1. The number of fused-ring (bicyclic) bond motifs is 1. The topological polar surface area (TPSA) is 35.2 Å². The fraction of sp³-hybridized carbons (Fsp3) is 0.478. The van der Waals surface area contributed by atoms with Gasteiger partial charge < -0.3 is 10.5 Å². The van der Waals surface area contributed by atoms with E-state index >= 15 is 0 Å². The van der Waals surface area contributed by atoms with Crippen molar-refractivity contribution in [3.05, 3.63) is 64.7 Å². The van der Waals surface area contributed by atoms with E-state index in [4.69, 9.17) is 10.5 Å². The van der Waals surface area contributed by atoms with Gasteiger partial charge >= 0.3 is 0 Å². The Hall–Kier alpha value is -1.80. The molecule has 2 nitrogen and oxygen atoms in total. The van der Waals surface area contributed by atoms with Crippen molar-refractivity contribution in [1.29, 1.82) is 0 Å². The molecule has 0 radical (unpaired) electrons. The largest absolute Gasteiger partial charge is 0.493 e. The van der Waals surface area contributed by atoms with Gasteiger partial charge in [-0.1, -0.05) is 49.2 Å². The van der Waals surface area contributed by atoms with Crippen LogP contribution in [0, 0.1) is 12.8 Å². The molecule has 0 saturated carbocycles. The zero-order chi connectivity index (χ0) is 17.6. The van der Waals surface area contributed by atoms with Crippen LogP contribution in [0.25, 0.3) is 0 Å². The van der Waals surface area contributed by atoms with Crippen molar-refractivity contribution < 1.29 is 4.74 Å². The van der Waals surface area contributed by atoms with Crippen LogP contribution in [0.5, 0.6) is 5.75 Å². The van der Waals surface area contributed by atoms with Gasteiger partial charge in [-0.25, -0.2) is 0 Å². The highest BCUT2D eigenvalue weighted by molar-refractivity contribution is 5.36. The van der Waals surface area contributed by atoms with Crippen molar-refractivity contribution in [2.75, 3.05) is 13.2 Å². The molecule has 0 spiro atoms. The summed E-state index contributed by atoms with van der Waals surface area (Å²) in [4.78, 5) is 0. The van der Waals surface area contributed by atoms with Gasteiger partial charge in [0, 0.05) is 0 Å². The van der Waals surface area contributed by atoms with Gasteiger partial charge in [0.2, 0.25) is 0 Å². The van der Waals surface area contributed by atoms with E-state index in [1.54, 1.807) is 0 Å². The molecular formula is C23H31NO. The van der Waals surface area contributed by atoms with E-state index in [9.17, 15) is 0 Å². The van der Waals surface area contributed by atoms with Crippen LogP contribution in [0.15, 0.2) is 42.5 Å². The quantitative estimate of drug-likeness (QED) is 0.770. The molecule has 0 bridgehead atoms. The zero-order valence-electron chi connectivity index (χ0n) is 15.6. The van der Waals surface area contributed by atoms with E-state index in [0.29, 0.717) is 11.8 Å². The summed E-state index contributed by atoms with van der Waals surface area (Å²) in [7, 11) is 0. The minimum absolute atomic E-state index is 0.512. The molecule has 2 unspecified atom stereocenters. The SMILES string of the molecule is CCCC(CN)c1ccc2c(c1)CCC(COc1ccc(C)cc1)C2. The molecule has 0 aliphatic heterocycles. The Morgan fingerprint density at radius 2 is 1.92 bits per heavy atom. The van der Waals surface area contributed by atoms with Gasteiger partial charge in [0.05, 0.1) is 6.61 Å². The maximum absolute atomic E-state index is 6.01. The Morgan fingerprint density at radius 1 is 1.12 bits per heavy atom. The second kappa shape index (κ2) is 8.53. The molecule has 134 valence electrons. The number of hydrogen-bond acceptors (Lipinski definition) is 2. The summed E-state index contributed by atoms with van der Waals surface area (Å²) in [6.07, 6.45) is 5.88. The summed E-state index contributed by atoms with van der Waals surface area (Å²) in [6.45, 7) is 5.90. The first kappa shape index (κ1) is 18.0.